The normalized spacial score (nSPS) is 18.3. The van der Waals surface area contributed by atoms with Gasteiger partial charge in [-0.25, -0.2) is 9.59 Å². The van der Waals surface area contributed by atoms with Gasteiger partial charge in [0.05, 0.1) is 11.1 Å². The molecule has 0 aromatic heterocycles. The number of hydrogen-bond donors (Lipinski definition) is 4. The van der Waals surface area contributed by atoms with Gasteiger partial charge in [-0.2, -0.15) is 26.3 Å². The molecule has 3 rings (SSSR count). The van der Waals surface area contributed by atoms with Crippen molar-refractivity contribution in [2.75, 3.05) is 23.7 Å². The van der Waals surface area contributed by atoms with Gasteiger partial charge in [0.1, 0.15) is 0 Å². The lowest BCUT2D eigenvalue weighted by atomic mass is 9.81. The Balaban J connectivity index is 1.41. The quantitative estimate of drug-likeness (QED) is 0.332. The van der Waals surface area contributed by atoms with Crippen LogP contribution in [-0.2, 0) is 12.4 Å². The van der Waals surface area contributed by atoms with Crippen LogP contribution in [-0.4, -0.2) is 25.2 Å². The zero-order valence-corrected chi connectivity index (χ0v) is 19.1. The van der Waals surface area contributed by atoms with Crippen LogP contribution in [0.4, 0.5) is 47.3 Å². The van der Waals surface area contributed by atoms with Gasteiger partial charge in [-0.3, -0.25) is 0 Å². The Morgan fingerprint density at radius 1 is 0.722 bits per heavy atom. The second-order valence-corrected chi connectivity index (χ2v) is 8.73. The SMILES string of the molecule is O=C(NCC1CCCC(CNC(=O)Nc2cccc(C(F)(F)F)c2)C1)Nc1cccc(C(F)(F)F)c1. The van der Waals surface area contributed by atoms with Gasteiger partial charge >= 0.3 is 24.4 Å². The number of rotatable bonds is 6. The summed E-state index contributed by atoms with van der Waals surface area (Å²) >= 11 is 0. The smallest absolute Gasteiger partial charge is 0.338 e. The molecular weight excluding hydrogens is 490 g/mol. The zero-order valence-electron chi connectivity index (χ0n) is 19.1. The molecule has 4 N–H and O–H groups in total. The van der Waals surface area contributed by atoms with Gasteiger partial charge < -0.3 is 21.3 Å². The van der Waals surface area contributed by atoms with Crippen LogP contribution in [0, 0.1) is 11.8 Å². The molecule has 2 aromatic rings. The van der Waals surface area contributed by atoms with E-state index in [9.17, 15) is 35.9 Å². The summed E-state index contributed by atoms with van der Waals surface area (Å²) in [5.74, 6) is 0.230. The number of alkyl halides is 6. The number of carbonyl (C=O) groups is 2. The van der Waals surface area contributed by atoms with E-state index < -0.39 is 35.5 Å². The maximum absolute atomic E-state index is 12.8. The molecule has 0 heterocycles. The van der Waals surface area contributed by atoms with Crippen molar-refractivity contribution in [3.63, 3.8) is 0 Å². The Bertz CT molecular complexity index is 976. The van der Waals surface area contributed by atoms with Crippen LogP contribution in [0.2, 0.25) is 0 Å². The van der Waals surface area contributed by atoms with Crippen molar-refractivity contribution in [2.24, 2.45) is 11.8 Å². The van der Waals surface area contributed by atoms with Crippen molar-refractivity contribution in [2.45, 2.75) is 38.0 Å². The average molecular weight is 516 g/mol. The third-order valence-corrected chi connectivity index (χ3v) is 5.89. The molecule has 0 aliphatic heterocycles. The van der Waals surface area contributed by atoms with Gasteiger partial charge in [0, 0.05) is 24.5 Å². The molecule has 2 unspecified atom stereocenters. The third-order valence-electron chi connectivity index (χ3n) is 5.89. The molecular formula is C24H26F6N4O2. The van der Waals surface area contributed by atoms with Crippen molar-refractivity contribution in [3.05, 3.63) is 59.7 Å². The van der Waals surface area contributed by atoms with E-state index in [4.69, 9.17) is 0 Å². The fourth-order valence-corrected chi connectivity index (χ4v) is 4.14. The Labute approximate surface area is 203 Å². The molecule has 0 spiro atoms. The van der Waals surface area contributed by atoms with E-state index in [1.807, 2.05) is 0 Å². The van der Waals surface area contributed by atoms with Crippen molar-refractivity contribution in [3.8, 4) is 0 Å². The van der Waals surface area contributed by atoms with Gasteiger partial charge in [0.2, 0.25) is 0 Å². The molecule has 12 heteroatoms. The summed E-state index contributed by atoms with van der Waals surface area (Å²) in [6, 6.07) is 7.45. The fraction of sp³-hybridized carbons (Fsp3) is 0.417. The molecule has 36 heavy (non-hydrogen) atoms. The van der Waals surface area contributed by atoms with Crippen molar-refractivity contribution < 1.29 is 35.9 Å². The molecule has 1 aliphatic rings. The van der Waals surface area contributed by atoms with Gasteiger partial charge in [0.25, 0.3) is 0 Å². The van der Waals surface area contributed by atoms with Crippen LogP contribution in [0.3, 0.4) is 0 Å². The first-order valence-corrected chi connectivity index (χ1v) is 11.3. The number of nitrogens with one attached hydrogen (secondary N) is 4. The predicted molar refractivity (Wildman–Crippen MR) is 122 cm³/mol. The highest BCUT2D eigenvalue weighted by atomic mass is 19.4. The number of halogens is 6. The minimum atomic E-state index is -4.51. The highest BCUT2D eigenvalue weighted by Crippen LogP contribution is 2.32. The molecule has 4 amide bonds. The van der Waals surface area contributed by atoms with Gasteiger partial charge in [0.15, 0.2) is 0 Å². The minimum Gasteiger partial charge on any atom is -0.338 e. The van der Waals surface area contributed by atoms with Gasteiger partial charge in [-0.1, -0.05) is 18.6 Å². The Morgan fingerprint density at radius 2 is 1.14 bits per heavy atom. The molecule has 196 valence electrons. The minimum absolute atomic E-state index is 0.0276. The lowest BCUT2D eigenvalue weighted by molar-refractivity contribution is -0.138. The van der Waals surface area contributed by atoms with Crippen molar-refractivity contribution in [1.29, 1.82) is 0 Å². The van der Waals surface area contributed by atoms with Gasteiger partial charge in [-0.15, -0.1) is 0 Å². The van der Waals surface area contributed by atoms with Crippen LogP contribution in [0.5, 0.6) is 0 Å². The Morgan fingerprint density at radius 3 is 1.53 bits per heavy atom. The van der Waals surface area contributed by atoms with E-state index >= 15 is 0 Å². The average Bonchev–Trinajstić information content (AvgIpc) is 2.81. The topological polar surface area (TPSA) is 82.3 Å². The molecule has 0 radical (unpaired) electrons. The number of benzene rings is 2. The van der Waals surface area contributed by atoms with Gasteiger partial charge in [-0.05, 0) is 67.5 Å². The fourth-order valence-electron chi connectivity index (χ4n) is 4.14. The maximum atomic E-state index is 12.8. The number of anilines is 2. The zero-order chi connectivity index (χ0) is 26.3. The summed E-state index contributed by atoms with van der Waals surface area (Å²) in [7, 11) is 0. The molecule has 0 saturated heterocycles. The highest BCUT2D eigenvalue weighted by molar-refractivity contribution is 5.89. The highest BCUT2D eigenvalue weighted by Gasteiger charge is 2.31. The Kier molecular flexibility index (Phi) is 8.70. The lowest BCUT2D eigenvalue weighted by Crippen LogP contribution is -2.38. The van der Waals surface area contributed by atoms with Crippen LogP contribution in [0.15, 0.2) is 48.5 Å². The summed E-state index contributed by atoms with van der Waals surface area (Å²) in [4.78, 5) is 24.3. The maximum Gasteiger partial charge on any atom is 0.416 e. The predicted octanol–water partition coefficient (Wildman–Crippen LogP) is 6.47. The van der Waals surface area contributed by atoms with E-state index in [-0.39, 0.29) is 23.2 Å². The monoisotopic (exact) mass is 516 g/mol. The van der Waals surface area contributed by atoms with Crippen molar-refractivity contribution in [1.82, 2.24) is 10.6 Å². The summed E-state index contributed by atoms with van der Waals surface area (Å²) < 4.78 is 76.9. The largest absolute Gasteiger partial charge is 0.416 e. The standard InChI is InChI=1S/C24H26F6N4O2/c25-23(26,27)17-6-2-8-19(11-17)33-21(35)31-13-15-4-1-5-16(10-15)14-32-22(36)34-20-9-3-7-18(12-20)24(28,29)30/h2-3,6-9,11-12,15-16H,1,4-5,10,13-14H2,(H2,31,33,35)(H2,32,34,36). The third kappa shape index (κ3) is 8.35. The van der Waals surface area contributed by atoms with E-state index in [0.717, 1.165) is 43.5 Å². The first-order chi connectivity index (χ1) is 16.9. The summed E-state index contributed by atoms with van der Waals surface area (Å²) in [5.41, 5.74) is -1.67. The summed E-state index contributed by atoms with van der Waals surface area (Å²) in [5, 5.41) is 10.1. The van der Waals surface area contributed by atoms with Crippen LogP contribution < -0.4 is 21.3 Å². The lowest BCUT2D eigenvalue weighted by Gasteiger charge is -2.29. The van der Waals surface area contributed by atoms with Crippen molar-refractivity contribution >= 4 is 23.4 Å². The van der Waals surface area contributed by atoms with Crippen LogP contribution >= 0.6 is 0 Å². The number of amides is 4. The second kappa shape index (κ2) is 11.5. The molecule has 2 atom stereocenters. The second-order valence-electron chi connectivity index (χ2n) is 8.73. The molecule has 1 aliphatic carbocycles. The van der Waals surface area contributed by atoms with E-state index in [0.29, 0.717) is 19.5 Å². The van der Waals surface area contributed by atoms with E-state index in [1.165, 1.54) is 24.3 Å². The summed E-state index contributed by atoms with van der Waals surface area (Å²) in [6.45, 7) is 0.634. The number of carbonyl (C=O) groups excluding carboxylic acids is 2. The first kappa shape index (κ1) is 27.2. The molecule has 6 nitrogen and oxygen atoms in total. The Hall–Kier alpha value is -3.44. The molecule has 1 fully saturated rings. The number of urea groups is 2. The first-order valence-electron chi connectivity index (χ1n) is 11.3. The van der Waals surface area contributed by atoms with E-state index in [2.05, 4.69) is 21.3 Å². The number of hydrogen-bond acceptors (Lipinski definition) is 2. The van der Waals surface area contributed by atoms with Crippen LogP contribution in [0.25, 0.3) is 0 Å². The summed E-state index contributed by atoms with van der Waals surface area (Å²) in [6.07, 6.45) is -5.77. The molecule has 1 saturated carbocycles. The van der Waals surface area contributed by atoms with E-state index in [1.54, 1.807) is 0 Å². The molecule has 0 bridgehead atoms. The van der Waals surface area contributed by atoms with Crippen LogP contribution in [0.1, 0.15) is 36.8 Å². The molecule has 2 aromatic carbocycles.